The SMILES string of the molecule is C=C(O)CNC=O. The minimum Gasteiger partial charge on any atom is -0.511 e. The monoisotopic (exact) mass is 101 g/mol. The molecule has 0 aliphatic rings. The largest absolute Gasteiger partial charge is 0.511 e. The van der Waals surface area contributed by atoms with Gasteiger partial charge >= 0.3 is 0 Å². The fourth-order valence-corrected chi connectivity index (χ4v) is 0.159. The van der Waals surface area contributed by atoms with Crippen LogP contribution in [0.4, 0.5) is 0 Å². The first-order chi connectivity index (χ1) is 3.27. The molecule has 2 N–H and O–H groups in total. The van der Waals surface area contributed by atoms with E-state index >= 15 is 0 Å². The summed E-state index contributed by atoms with van der Waals surface area (Å²) >= 11 is 0. The molecule has 0 spiro atoms. The lowest BCUT2D eigenvalue weighted by Crippen LogP contribution is -2.13. The second kappa shape index (κ2) is 3.21. The third-order valence-corrected chi connectivity index (χ3v) is 0.389. The minimum absolute atomic E-state index is 0.0351. The molecule has 0 unspecified atom stereocenters. The Kier molecular flexibility index (Phi) is 2.76. The van der Waals surface area contributed by atoms with Crippen LogP contribution >= 0.6 is 0 Å². The summed E-state index contributed by atoms with van der Waals surface area (Å²) in [5.74, 6) is -0.0351. The van der Waals surface area contributed by atoms with E-state index in [-0.39, 0.29) is 12.3 Å². The van der Waals surface area contributed by atoms with Crippen molar-refractivity contribution in [2.45, 2.75) is 0 Å². The van der Waals surface area contributed by atoms with E-state index in [4.69, 9.17) is 5.11 Å². The molecule has 40 valence electrons. The Morgan fingerprint density at radius 1 is 2.00 bits per heavy atom. The van der Waals surface area contributed by atoms with Crippen molar-refractivity contribution in [2.24, 2.45) is 0 Å². The van der Waals surface area contributed by atoms with E-state index < -0.39 is 0 Å². The van der Waals surface area contributed by atoms with Crippen molar-refractivity contribution in [3.63, 3.8) is 0 Å². The van der Waals surface area contributed by atoms with Gasteiger partial charge in [-0.1, -0.05) is 6.58 Å². The number of carbonyl (C=O) groups excluding carboxylic acids is 1. The Balaban J connectivity index is 2.97. The lowest BCUT2D eigenvalue weighted by molar-refractivity contribution is -0.109. The van der Waals surface area contributed by atoms with Crippen LogP contribution < -0.4 is 5.32 Å². The average Bonchev–Trinajstić information content (AvgIpc) is 1.61. The molecule has 1 amide bonds. The zero-order valence-corrected chi connectivity index (χ0v) is 3.85. The topological polar surface area (TPSA) is 49.3 Å². The maximum absolute atomic E-state index is 9.45. The van der Waals surface area contributed by atoms with Gasteiger partial charge in [0.05, 0.1) is 6.54 Å². The Morgan fingerprint density at radius 2 is 2.57 bits per heavy atom. The number of aliphatic hydroxyl groups is 1. The first-order valence-corrected chi connectivity index (χ1v) is 1.81. The molecule has 0 bridgehead atoms. The minimum atomic E-state index is -0.0351. The van der Waals surface area contributed by atoms with Crippen LogP contribution in [0.3, 0.4) is 0 Å². The summed E-state index contributed by atoms with van der Waals surface area (Å²) in [5.41, 5.74) is 0. The van der Waals surface area contributed by atoms with E-state index in [1.54, 1.807) is 0 Å². The molecule has 0 radical (unpaired) electrons. The van der Waals surface area contributed by atoms with Gasteiger partial charge in [-0.2, -0.15) is 0 Å². The summed E-state index contributed by atoms with van der Waals surface area (Å²) in [4.78, 5) is 9.45. The van der Waals surface area contributed by atoms with Crippen molar-refractivity contribution in [1.29, 1.82) is 0 Å². The van der Waals surface area contributed by atoms with Crippen LogP contribution in [-0.2, 0) is 4.79 Å². The standard InChI is InChI=1S/C4H7NO2/c1-4(7)2-5-3-6/h3,7H,1-2H2,(H,5,6). The zero-order chi connectivity index (χ0) is 5.70. The van der Waals surface area contributed by atoms with Gasteiger partial charge in [0.15, 0.2) is 0 Å². The molecule has 0 aromatic heterocycles. The molecule has 0 saturated carbocycles. The summed E-state index contributed by atoms with van der Waals surface area (Å²) in [6.45, 7) is 3.27. The molecule has 0 aromatic rings. The number of rotatable bonds is 3. The van der Waals surface area contributed by atoms with Crippen LogP contribution in [0.5, 0.6) is 0 Å². The van der Waals surface area contributed by atoms with Crippen LogP contribution in [-0.4, -0.2) is 18.1 Å². The highest BCUT2D eigenvalue weighted by atomic mass is 16.3. The highest BCUT2D eigenvalue weighted by molar-refractivity contribution is 5.46. The normalized spacial score (nSPS) is 7.43. The fraction of sp³-hybridized carbons (Fsp3) is 0.250. The highest BCUT2D eigenvalue weighted by Crippen LogP contribution is 1.71. The Bertz CT molecular complexity index is 79.8. The lowest BCUT2D eigenvalue weighted by Gasteiger charge is -1.90. The molecule has 3 heteroatoms. The predicted molar refractivity (Wildman–Crippen MR) is 25.8 cm³/mol. The predicted octanol–water partition coefficient (Wildman–Crippen LogP) is -0.196. The van der Waals surface area contributed by atoms with Gasteiger partial charge in [-0.3, -0.25) is 4.79 Å². The van der Waals surface area contributed by atoms with Gasteiger partial charge in [-0.25, -0.2) is 0 Å². The molecule has 3 nitrogen and oxygen atoms in total. The van der Waals surface area contributed by atoms with Crippen LogP contribution in [0.1, 0.15) is 0 Å². The first kappa shape index (κ1) is 6.01. The second-order valence-corrected chi connectivity index (χ2v) is 1.06. The van der Waals surface area contributed by atoms with Crippen LogP contribution in [0, 0.1) is 0 Å². The van der Waals surface area contributed by atoms with Gasteiger partial charge in [-0.05, 0) is 0 Å². The van der Waals surface area contributed by atoms with E-state index in [0.29, 0.717) is 6.41 Å². The second-order valence-electron chi connectivity index (χ2n) is 1.06. The molecule has 0 aromatic carbocycles. The van der Waals surface area contributed by atoms with E-state index in [9.17, 15) is 4.79 Å². The van der Waals surface area contributed by atoms with Gasteiger partial charge in [0.25, 0.3) is 0 Å². The summed E-state index contributed by atoms with van der Waals surface area (Å²) in [6.07, 6.45) is 0.501. The molecular formula is C4H7NO2. The van der Waals surface area contributed by atoms with Crippen LogP contribution in [0.15, 0.2) is 12.3 Å². The Labute approximate surface area is 41.7 Å². The van der Waals surface area contributed by atoms with Crippen molar-refractivity contribution >= 4 is 6.41 Å². The van der Waals surface area contributed by atoms with Crippen molar-refractivity contribution in [2.75, 3.05) is 6.54 Å². The van der Waals surface area contributed by atoms with Crippen molar-refractivity contribution in [1.82, 2.24) is 5.32 Å². The Hall–Kier alpha value is -0.990. The molecular weight excluding hydrogens is 94.0 g/mol. The van der Waals surface area contributed by atoms with Crippen LogP contribution in [0.25, 0.3) is 0 Å². The highest BCUT2D eigenvalue weighted by Gasteiger charge is 1.80. The summed E-state index contributed by atoms with van der Waals surface area (Å²) in [5, 5.41) is 10.5. The first-order valence-electron chi connectivity index (χ1n) is 1.81. The molecule has 0 heterocycles. The van der Waals surface area contributed by atoms with Gasteiger partial charge in [-0.15, -0.1) is 0 Å². The van der Waals surface area contributed by atoms with E-state index in [1.165, 1.54) is 0 Å². The number of hydrogen-bond donors (Lipinski definition) is 2. The number of hydrogen-bond acceptors (Lipinski definition) is 2. The third kappa shape index (κ3) is 5.01. The maximum atomic E-state index is 9.45. The smallest absolute Gasteiger partial charge is 0.207 e. The summed E-state index contributed by atoms with van der Waals surface area (Å²) in [7, 11) is 0. The van der Waals surface area contributed by atoms with E-state index in [0.717, 1.165) is 0 Å². The average molecular weight is 101 g/mol. The van der Waals surface area contributed by atoms with Gasteiger partial charge in [0, 0.05) is 0 Å². The van der Waals surface area contributed by atoms with E-state index in [2.05, 4.69) is 11.9 Å². The molecule has 0 rings (SSSR count). The van der Waals surface area contributed by atoms with Gasteiger partial charge < -0.3 is 10.4 Å². The Morgan fingerprint density at radius 3 is 2.71 bits per heavy atom. The third-order valence-electron chi connectivity index (χ3n) is 0.389. The molecule has 7 heavy (non-hydrogen) atoms. The fourth-order valence-electron chi connectivity index (χ4n) is 0.159. The van der Waals surface area contributed by atoms with Gasteiger partial charge in [0.2, 0.25) is 6.41 Å². The molecule has 0 atom stereocenters. The molecule has 0 fully saturated rings. The quantitative estimate of drug-likeness (QED) is 0.382. The van der Waals surface area contributed by atoms with Crippen molar-refractivity contribution in [3.8, 4) is 0 Å². The number of amides is 1. The van der Waals surface area contributed by atoms with Crippen molar-refractivity contribution < 1.29 is 9.90 Å². The lowest BCUT2D eigenvalue weighted by atomic mass is 10.6. The van der Waals surface area contributed by atoms with Crippen molar-refractivity contribution in [3.05, 3.63) is 12.3 Å². The number of carbonyl (C=O) groups is 1. The molecule has 0 saturated heterocycles. The van der Waals surface area contributed by atoms with E-state index in [1.807, 2.05) is 0 Å². The molecule has 0 aliphatic heterocycles. The maximum Gasteiger partial charge on any atom is 0.207 e. The summed E-state index contributed by atoms with van der Waals surface area (Å²) < 4.78 is 0. The van der Waals surface area contributed by atoms with Crippen LogP contribution in [0.2, 0.25) is 0 Å². The number of nitrogens with one attached hydrogen (secondary N) is 1. The summed E-state index contributed by atoms with van der Waals surface area (Å²) in [6, 6.07) is 0. The zero-order valence-electron chi connectivity index (χ0n) is 3.85. The van der Waals surface area contributed by atoms with Gasteiger partial charge in [0.1, 0.15) is 5.76 Å². The number of aliphatic hydroxyl groups excluding tert-OH is 1. The molecule has 0 aliphatic carbocycles.